The highest BCUT2D eigenvalue weighted by molar-refractivity contribution is 6.32. The van der Waals surface area contributed by atoms with E-state index in [1.165, 1.54) is 24.3 Å². The van der Waals surface area contributed by atoms with Gasteiger partial charge in [0, 0.05) is 18.1 Å². The van der Waals surface area contributed by atoms with Crippen LogP contribution < -0.4 is 5.32 Å². The van der Waals surface area contributed by atoms with Gasteiger partial charge in [0.1, 0.15) is 16.3 Å². The van der Waals surface area contributed by atoms with Crippen LogP contribution in [0.5, 0.6) is 5.75 Å². The van der Waals surface area contributed by atoms with E-state index in [4.69, 9.17) is 11.6 Å². The number of hydrogen-bond donors (Lipinski definition) is 3. The lowest BCUT2D eigenvalue weighted by Gasteiger charge is -2.29. The van der Waals surface area contributed by atoms with Crippen molar-refractivity contribution in [1.82, 2.24) is 5.32 Å². The Morgan fingerprint density at radius 3 is 2.37 bits per heavy atom. The fourth-order valence-corrected chi connectivity index (χ4v) is 2.77. The summed E-state index contributed by atoms with van der Waals surface area (Å²) in [6, 6.07) is 9.45. The van der Waals surface area contributed by atoms with Gasteiger partial charge in [0.2, 0.25) is 0 Å². The Morgan fingerprint density at radius 1 is 1.22 bits per heavy atom. The first-order valence-electron chi connectivity index (χ1n) is 7.96. The van der Waals surface area contributed by atoms with Crippen molar-refractivity contribution in [1.29, 1.82) is 0 Å². The lowest BCUT2D eigenvalue weighted by molar-refractivity contribution is -0.384. The smallest absolute Gasteiger partial charge is 0.329 e. The molecule has 0 aliphatic heterocycles. The summed E-state index contributed by atoms with van der Waals surface area (Å²) >= 11 is 5.74. The fourth-order valence-electron chi connectivity index (χ4n) is 2.58. The molecule has 9 heteroatoms. The summed E-state index contributed by atoms with van der Waals surface area (Å²) in [5.41, 5.74) is -1.54. The number of rotatable bonds is 7. The Hall–Kier alpha value is -3.13. The number of carboxylic acid groups (broad SMARTS) is 1. The molecule has 142 valence electrons. The number of nitro benzene ring substituents is 1. The van der Waals surface area contributed by atoms with E-state index in [1.54, 1.807) is 19.1 Å². The molecule has 3 N–H and O–H groups in total. The van der Waals surface area contributed by atoms with Gasteiger partial charge in [-0.25, -0.2) is 4.79 Å². The molecule has 0 unspecified atom stereocenters. The molecule has 0 saturated heterocycles. The highest BCUT2D eigenvalue weighted by Crippen LogP contribution is 2.26. The molecule has 0 radical (unpaired) electrons. The number of hydrogen-bond acceptors (Lipinski definition) is 5. The summed E-state index contributed by atoms with van der Waals surface area (Å²) in [6.07, 6.45) is 0.0468. The number of aromatic hydroxyl groups is 1. The van der Waals surface area contributed by atoms with E-state index < -0.39 is 28.0 Å². The van der Waals surface area contributed by atoms with Gasteiger partial charge in [-0.3, -0.25) is 14.9 Å². The molecular weight excluding hydrogens is 376 g/mol. The van der Waals surface area contributed by atoms with Crippen molar-refractivity contribution in [3.63, 3.8) is 0 Å². The summed E-state index contributed by atoms with van der Waals surface area (Å²) < 4.78 is 0. The molecule has 2 rings (SSSR count). The van der Waals surface area contributed by atoms with Crippen molar-refractivity contribution in [3.05, 3.63) is 68.7 Å². The summed E-state index contributed by atoms with van der Waals surface area (Å²) in [6.45, 7) is 1.61. The third-order valence-electron chi connectivity index (χ3n) is 4.21. The number of halogens is 1. The van der Waals surface area contributed by atoms with Gasteiger partial charge in [-0.1, -0.05) is 30.7 Å². The largest absolute Gasteiger partial charge is 0.508 e. The third-order valence-corrected chi connectivity index (χ3v) is 4.53. The third kappa shape index (κ3) is 4.53. The zero-order valence-electron chi connectivity index (χ0n) is 14.3. The van der Waals surface area contributed by atoms with Gasteiger partial charge in [-0.05, 0) is 36.2 Å². The average Bonchev–Trinajstić information content (AvgIpc) is 2.62. The Morgan fingerprint density at radius 2 is 1.85 bits per heavy atom. The second-order valence-corrected chi connectivity index (χ2v) is 6.37. The molecule has 0 spiro atoms. The van der Waals surface area contributed by atoms with Crippen molar-refractivity contribution >= 4 is 29.2 Å². The zero-order chi connectivity index (χ0) is 20.2. The van der Waals surface area contributed by atoms with Gasteiger partial charge in [-0.15, -0.1) is 0 Å². The van der Waals surface area contributed by atoms with Gasteiger partial charge in [-0.2, -0.15) is 0 Å². The van der Waals surface area contributed by atoms with Gasteiger partial charge >= 0.3 is 5.97 Å². The molecule has 8 nitrogen and oxygen atoms in total. The number of nitrogens with zero attached hydrogens (tertiary/aromatic N) is 1. The quantitative estimate of drug-likeness (QED) is 0.490. The molecule has 0 aliphatic carbocycles. The molecule has 2 aromatic carbocycles. The molecule has 1 atom stereocenters. The number of aliphatic carboxylic acids is 1. The summed E-state index contributed by atoms with van der Waals surface area (Å²) in [7, 11) is 0. The Kier molecular flexibility index (Phi) is 6.02. The number of carbonyl (C=O) groups excluding carboxylic acids is 1. The van der Waals surface area contributed by atoms with Crippen LogP contribution >= 0.6 is 11.6 Å². The van der Waals surface area contributed by atoms with E-state index in [9.17, 15) is 29.9 Å². The second kappa shape index (κ2) is 8.05. The first-order chi connectivity index (χ1) is 12.7. The number of phenols is 1. The minimum atomic E-state index is -1.62. The lowest BCUT2D eigenvalue weighted by atomic mass is 9.87. The normalized spacial score (nSPS) is 12.8. The van der Waals surface area contributed by atoms with E-state index in [0.717, 1.165) is 6.07 Å². The molecule has 0 saturated carbocycles. The fraction of sp³-hybridized carbons (Fsp3) is 0.222. The van der Waals surface area contributed by atoms with E-state index in [2.05, 4.69) is 5.32 Å². The SMILES string of the molecule is CC[C@@](Cc1ccc(O)cc1)(NC(=O)c1ccc(Cl)c([N+](=O)[O-])c1)C(=O)O. The van der Waals surface area contributed by atoms with Gasteiger partial charge in [0.05, 0.1) is 4.92 Å². The topological polar surface area (TPSA) is 130 Å². The van der Waals surface area contributed by atoms with Crippen LogP contribution in [0.2, 0.25) is 5.02 Å². The number of phenolic OH excluding ortho intramolecular Hbond substituents is 1. The Bertz CT molecular complexity index is 884. The first-order valence-corrected chi connectivity index (χ1v) is 8.34. The lowest BCUT2D eigenvalue weighted by Crippen LogP contribution is -2.55. The van der Waals surface area contributed by atoms with Crippen molar-refractivity contribution in [2.24, 2.45) is 0 Å². The number of nitro groups is 1. The molecule has 1 amide bonds. The zero-order valence-corrected chi connectivity index (χ0v) is 15.1. The molecule has 0 fully saturated rings. The summed E-state index contributed by atoms with van der Waals surface area (Å²) in [4.78, 5) is 34.8. The maximum Gasteiger partial charge on any atom is 0.329 e. The molecule has 0 aromatic heterocycles. The van der Waals surface area contributed by atoms with E-state index in [1.807, 2.05) is 0 Å². The minimum Gasteiger partial charge on any atom is -0.508 e. The Balaban J connectivity index is 2.34. The highest BCUT2D eigenvalue weighted by Gasteiger charge is 2.39. The van der Waals surface area contributed by atoms with E-state index >= 15 is 0 Å². The second-order valence-electron chi connectivity index (χ2n) is 5.96. The van der Waals surface area contributed by atoms with Gasteiger partial charge < -0.3 is 15.5 Å². The number of nitrogens with one attached hydrogen (secondary N) is 1. The molecule has 0 bridgehead atoms. The van der Waals surface area contributed by atoms with E-state index in [-0.39, 0.29) is 29.2 Å². The minimum absolute atomic E-state index is 0.0272. The molecule has 27 heavy (non-hydrogen) atoms. The molecular formula is C18H17ClN2O6. The van der Waals surface area contributed by atoms with Crippen LogP contribution in [-0.2, 0) is 11.2 Å². The van der Waals surface area contributed by atoms with Gasteiger partial charge in [0.15, 0.2) is 0 Å². The van der Waals surface area contributed by atoms with Crippen molar-refractivity contribution in [2.45, 2.75) is 25.3 Å². The summed E-state index contributed by atoms with van der Waals surface area (Å²) in [5, 5.41) is 32.4. The van der Waals surface area contributed by atoms with E-state index in [0.29, 0.717) is 5.56 Å². The van der Waals surface area contributed by atoms with Crippen LogP contribution in [0.4, 0.5) is 5.69 Å². The number of amides is 1. The molecule has 0 aliphatic rings. The Labute approximate surface area is 159 Å². The number of carbonyl (C=O) groups is 2. The maximum atomic E-state index is 12.6. The first kappa shape index (κ1) is 20.2. The van der Waals surface area contributed by atoms with Crippen LogP contribution in [-0.4, -0.2) is 32.6 Å². The molecule has 2 aromatic rings. The average molecular weight is 393 g/mol. The van der Waals surface area contributed by atoms with Crippen LogP contribution in [0.15, 0.2) is 42.5 Å². The van der Waals surface area contributed by atoms with Crippen molar-refractivity contribution in [3.8, 4) is 5.75 Å². The standard InChI is InChI=1S/C18H17ClN2O6/c1-2-18(17(24)25,10-11-3-6-13(22)7-4-11)20-16(23)12-5-8-14(19)15(9-12)21(26)27/h3-9,22H,2,10H2,1H3,(H,20,23)(H,24,25)/t18-/m0/s1. The molecule has 0 heterocycles. The predicted molar refractivity (Wildman–Crippen MR) is 98.0 cm³/mol. The predicted octanol–water partition coefficient (Wildman–Crippen LogP) is 3.16. The highest BCUT2D eigenvalue weighted by atomic mass is 35.5. The van der Waals surface area contributed by atoms with Crippen molar-refractivity contribution in [2.75, 3.05) is 0 Å². The van der Waals surface area contributed by atoms with Gasteiger partial charge in [0.25, 0.3) is 11.6 Å². The van der Waals surface area contributed by atoms with Crippen molar-refractivity contribution < 1.29 is 24.7 Å². The number of benzene rings is 2. The maximum absolute atomic E-state index is 12.6. The summed E-state index contributed by atoms with van der Waals surface area (Å²) in [5.74, 6) is -1.97. The van der Waals surface area contributed by atoms with Crippen LogP contribution in [0, 0.1) is 10.1 Å². The van der Waals surface area contributed by atoms with Crippen LogP contribution in [0.25, 0.3) is 0 Å². The van der Waals surface area contributed by atoms with Crippen LogP contribution in [0.3, 0.4) is 0 Å². The monoisotopic (exact) mass is 392 g/mol. The number of carboxylic acids is 1. The van der Waals surface area contributed by atoms with Crippen LogP contribution in [0.1, 0.15) is 29.3 Å².